The van der Waals surface area contributed by atoms with E-state index < -0.39 is 10.8 Å². The second-order valence-corrected chi connectivity index (χ2v) is 7.48. The van der Waals surface area contributed by atoms with Gasteiger partial charge in [0.25, 0.3) is 0 Å². The van der Waals surface area contributed by atoms with E-state index in [1.165, 1.54) is 25.7 Å². The summed E-state index contributed by atoms with van der Waals surface area (Å²) in [5.74, 6) is 0.821. The van der Waals surface area contributed by atoms with Gasteiger partial charge in [-0.05, 0) is 31.6 Å². The molecule has 1 saturated carbocycles. The third-order valence-electron chi connectivity index (χ3n) is 3.83. The molecule has 0 radical (unpaired) electrons. The summed E-state index contributed by atoms with van der Waals surface area (Å²) in [6.45, 7) is 6.96. The van der Waals surface area contributed by atoms with Crippen molar-refractivity contribution < 1.29 is 4.21 Å². The highest BCUT2D eigenvalue weighted by Gasteiger charge is 2.32. The molecule has 0 bridgehead atoms. The van der Waals surface area contributed by atoms with Crippen molar-refractivity contribution in [3.63, 3.8) is 0 Å². The van der Waals surface area contributed by atoms with Gasteiger partial charge in [-0.15, -0.1) is 0 Å². The summed E-state index contributed by atoms with van der Waals surface area (Å²) >= 11 is 0. The molecule has 1 rings (SSSR count). The predicted molar refractivity (Wildman–Crippen MR) is 72.2 cm³/mol. The molecule has 0 aromatic carbocycles. The van der Waals surface area contributed by atoms with Crippen LogP contribution in [-0.2, 0) is 10.8 Å². The van der Waals surface area contributed by atoms with E-state index in [1.807, 2.05) is 0 Å². The van der Waals surface area contributed by atoms with Crippen molar-refractivity contribution in [3.05, 3.63) is 0 Å². The maximum Gasteiger partial charge on any atom is 0.0246 e. The number of hydrogen-bond donors (Lipinski definition) is 1. The zero-order valence-corrected chi connectivity index (χ0v) is 12.0. The predicted octanol–water partition coefficient (Wildman–Crippen LogP) is 2.70. The molecule has 3 heteroatoms. The molecule has 0 heterocycles. The zero-order chi connectivity index (χ0) is 12.2. The van der Waals surface area contributed by atoms with Gasteiger partial charge in [0, 0.05) is 34.9 Å². The molecule has 0 saturated heterocycles. The van der Waals surface area contributed by atoms with Crippen molar-refractivity contribution in [3.8, 4) is 0 Å². The van der Waals surface area contributed by atoms with Crippen LogP contribution in [0.4, 0.5) is 0 Å². The van der Waals surface area contributed by atoms with Crippen LogP contribution in [0.2, 0.25) is 0 Å². The third kappa shape index (κ3) is 4.54. The van der Waals surface area contributed by atoms with Crippen molar-refractivity contribution in [1.29, 1.82) is 0 Å². The Morgan fingerprint density at radius 2 is 2.12 bits per heavy atom. The minimum atomic E-state index is -0.652. The van der Waals surface area contributed by atoms with Crippen LogP contribution in [0.25, 0.3) is 0 Å². The highest BCUT2D eigenvalue weighted by Crippen LogP contribution is 2.35. The second kappa shape index (κ2) is 6.15. The smallest absolute Gasteiger partial charge is 0.0246 e. The maximum atomic E-state index is 11.1. The minimum Gasteiger partial charge on any atom is -0.311 e. The van der Waals surface area contributed by atoms with Crippen molar-refractivity contribution in [2.24, 2.45) is 5.41 Å². The standard InChI is InChI=1S/C13H27NOS/c1-11(8-10-16(4)15)14-12-7-5-6-9-13(12,2)3/h11-12,14H,5-10H2,1-4H3. The Morgan fingerprint density at radius 3 is 2.69 bits per heavy atom. The molecule has 0 aliphatic heterocycles. The normalized spacial score (nSPS) is 28.6. The first-order valence-electron chi connectivity index (χ1n) is 6.48. The highest BCUT2D eigenvalue weighted by molar-refractivity contribution is 7.84. The summed E-state index contributed by atoms with van der Waals surface area (Å²) < 4.78 is 11.1. The SMILES string of the molecule is CC(CCS(C)=O)NC1CCCCC1(C)C. The number of hydrogen-bond acceptors (Lipinski definition) is 2. The molecular formula is C13H27NOS. The fraction of sp³-hybridized carbons (Fsp3) is 1.00. The molecule has 3 atom stereocenters. The Morgan fingerprint density at radius 1 is 1.44 bits per heavy atom. The Kier molecular flexibility index (Phi) is 5.45. The van der Waals surface area contributed by atoms with Gasteiger partial charge >= 0.3 is 0 Å². The van der Waals surface area contributed by atoms with Crippen LogP contribution in [0.3, 0.4) is 0 Å². The van der Waals surface area contributed by atoms with Gasteiger partial charge in [-0.1, -0.05) is 26.7 Å². The van der Waals surface area contributed by atoms with E-state index in [0.29, 0.717) is 17.5 Å². The molecule has 0 amide bonds. The molecule has 2 nitrogen and oxygen atoms in total. The molecule has 1 aliphatic carbocycles. The summed E-state index contributed by atoms with van der Waals surface area (Å²) in [5.41, 5.74) is 0.428. The lowest BCUT2D eigenvalue weighted by atomic mass is 9.73. The second-order valence-electron chi connectivity index (χ2n) is 5.92. The van der Waals surface area contributed by atoms with Crippen molar-refractivity contribution >= 4 is 10.8 Å². The maximum absolute atomic E-state index is 11.1. The molecule has 0 aromatic rings. The lowest BCUT2D eigenvalue weighted by Crippen LogP contribution is -2.48. The van der Waals surface area contributed by atoms with Gasteiger partial charge in [-0.2, -0.15) is 0 Å². The van der Waals surface area contributed by atoms with Gasteiger partial charge in [-0.3, -0.25) is 4.21 Å². The van der Waals surface area contributed by atoms with E-state index in [9.17, 15) is 4.21 Å². The Bertz CT molecular complexity index is 240. The highest BCUT2D eigenvalue weighted by atomic mass is 32.2. The molecule has 16 heavy (non-hydrogen) atoms. The Labute approximate surface area is 103 Å². The van der Waals surface area contributed by atoms with Crippen LogP contribution in [0.15, 0.2) is 0 Å². The topological polar surface area (TPSA) is 29.1 Å². The lowest BCUT2D eigenvalue weighted by Gasteiger charge is -2.40. The van der Waals surface area contributed by atoms with Crippen molar-refractivity contribution in [1.82, 2.24) is 5.32 Å². The number of rotatable bonds is 5. The molecular weight excluding hydrogens is 218 g/mol. The van der Waals surface area contributed by atoms with Gasteiger partial charge in [0.05, 0.1) is 0 Å². The average molecular weight is 245 g/mol. The number of nitrogens with one attached hydrogen (secondary N) is 1. The van der Waals surface area contributed by atoms with Crippen molar-refractivity contribution in [2.45, 2.75) is 65.0 Å². The van der Waals surface area contributed by atoms with Crippen LogP contribution in [-0.4, -0.2) is 28.3 Å². The molecule has 96 valence electrons. The minimum absolute atomic E-state index is 0.428. The van der Waals surface area contributed by atoms with Gasteiger partial charge in [-0.25, -0.2) is 0 Å². The molecule has 1 fully saturated rings. The summed E-state index contributed by atoms with van der Waals surface area (Å²) in [7, 11) is -0.652. The van der Waals surface area contributed by atoms with E-state index >= 15 is 0 Å². The Hall–Kier alpha value is 0.110. The fourth-order valence-electron chi connectivity index (χ4n) is 2.57. The van der Waals surface area contributed by atoms with Crippen LogP contribution in [0.1, 0.15) is 52.9 Å². The molecule has 1 N–H and O–H groups in total. The van der Waals surface area contributed by atoms with Crippen molar-refractivity contribution in [2.75, 3.05) is 12.0 Å². The van der Waals surface area contributed by atoms with Gasteiger partial charge in [0.2, 0.25) is 0 Å². The zero-order valence-electron chi connectivity index (χ0n) is 11.2. The Balaban J connectivity index is 2.36. The largest absolute Gasteiger partial charge is 0.311 e. The summed E-state index contributed by atoms with van der Waals surface area (Å²) in [6.07, 6.45) is 8.17. The van der Waals surface area contributed by atoms with Crippen LogP contribution in [0.5, 0.6) is 0 Å². The van der Waals surface area contributed by atoms with Crippen LogP contribution >= 0.6 is 0 Å². The monoisotopic (exact) mass is 245 g/mol. The van der Waals surface area contributed by atoms with Crippen LogP contribution < -0.4 is 5.32 Å². The molecule has 0 aromatic heterocycles. The van der Waals surface area contributed by atoms with E-state index in [0.717, 1.165) is 12.2 Å². The van der Waals surface area contributed by atoms with E-state index in [-0.39, 0.29) is 0 Å². The summed E-state index contributed by atoms with van der Waals surface area (Å²) in [5, 5.41) is 3.73. The first kappa shape index (κ1) is 14.2. The first-order valence-corrected chi connectivity index (χ1v) is 8.20. The van der Waals surface area contributed by atoms with Gasteiger partial charge in [0.1, 0.15) is 0 Å². The van der Waals surface area contributed by atoms with E-state index in [2.05, 4.69) is 26.1 Å². The quantitative estimate of drug-likeness (QED) is 0.807. The lowest BCUT2D eigenvalue weighted by molar-refractivity contribution is 0.157. The fourth-order valence-corrected chi connectivity index (χ4v) is 3.26. The van der Waals surface area contributed by atoms with Gasteiger partial charge < -0.3 is 5.32 Å². The van der Waals surface area contributed by atoms with E-state index in [1.54, 1.807) is 6.26 Å². The van der Waals surface area contributed by atoms with Crippen LogP contribution in [0, 0.1) is 5.41 Å². The van der Waals surface area contributed by atoms with Gasteiger partial charge in [0.15, 0.2) is 0 Å². The molecule has 0 spiro atoms. The third-order valence-corrected chi connectivity index (χ3v) is 4.64. The molecule has 1 aliphatic rings. The van der Waals surface area contributed by atoms with E-state index in [4.69, 9.17) is 0 Å². The summed E-state index contributed by atoms with van der Waals surface area (Å²) in [4.78, 5) is 0. The summed E-state index contributed by atoms with van der Waals surface area (Å²) in [6, 6.07) is 1.13. The average Bonchev–Trinajstić information content (AvgIpc) is 2.18. The first-order chi connectivity index (χ1) is 7.42. The molecule has 3 unspecified atom stereocenters.